The van der Waals surface area contributed by atoms with Crippen molar-refractivity contribution in [2.45, 2.75) is 26.7 Å². The van der Waals surface area contributed by atoms with Crippen LogP contribution >= 0.6 is 11.3 Å². The molecule has 1 saturated heterocycles. The smallest absolute Gasteiger partial charge is 0.342 e. The lowest BCUT2D eigenvalue weighted by Gasteiger charge is -2.30. The summed E-state index contributed by atoms with van der Waals surface area (Å²) in [5.74, 6) is -1.86. The maximum Gasteiger partial charge on any atom is 0.342 e. The first kappa shape index (κ1) is 25.2. The number of anilines is 1. The Bertz CT molecular complexity index is 1080. The molecule has 0 atom stereocenters. The van der Waals surface area contributed by atoms with Crippen LogP contribution in [0.1, 0.15) is 37.0 Å². The van der Waals surface area contributed by atoms with Gasteiger partial charge < -0.3 is 19.7 Å². The Hall–Kier alpha value is -3.46. The Morgan fingerprint density at radius 3 is 2.41 bits per heavy atom. The number of thiophene rings is 1. The fraction of sp³-hybridized carbons (Fsp3) is 0.360. The van der Waals surface area contributed by atoms with E-state index in [9.17, 15) is 19.2 Å². The number of benzene rings is 1. The molecule has 3 rings (SSSR count). The number of carbonyl (C=O) groups is 4. The lowest BCUT2D eigenvalue weighted by Crippen LogP contribution is -2.42. The average Bonchev–Trinajstić information content (AvgIpc) is 3.25. The van der Waals surface area contributed by atoms with Crippen LogP contribution in [0, 0.1) is 5.92 Å². The minimum Gasteiger partial charge on any atom is -0.469 e. The molecule has 0 bridgehead atoms. The standard InChI is InChI=1S/C25H28N2O6S/c1-16(2)13-20(28)26-23-22(19(15-34-23)17-7-5-4-6-8-17)25(31)33-14-21(29)27-11-9-18(10-12-27)24(30)32-3/h4-8,13,15,18H,9-12,14H2,1-3H3,(H,26,28). The summed E-state index contributed by atoms with van der Waals surface area (Å²) in [7, 11) is 1.35. The number of hydrogen-bond acceptors (Lipinski definition) is 7. The van der Waals surface area contributed by atoms with E-state index in [1.165, 1.54) is 24.5 Å². The monoisotopic (exact) mass is 484 g/mol. The normalized spacial score (nSPS) is 13.7. The zero-order valence-corrected chi connectivity index (χ0v) is 20.3. The van der Waals surface area contributed by atoms with Crippen LogP contribution in [0.3, 0.4) is 0 Å². The van der Waals surface area contributed by atoms with Crippen LogP contribution in [0.2, 0.25) is 0 Å². The fourth-order valence-electron chi connectivity index (χ4n) is 3.71. The first-order chi connectivity index (χ1) is 16.3. The minimum atomic E-state index is -0.689. The molecule has 0 unspecified atom stereocenters. The second kappa shape index (κ2) is 11.6. The van der Waals surface area contributed by atoms with Crippen molar-refractivity contribution in [1.29, 1.82) is 0 Å². The molecule has 8 nitrogen and oxygen atoms in total. The molecule has 2 heterocycles. The molecule has 1 aliphatic heterocycles. The number of hydrogen-bond donors (Lipinski definition) is 1. The summed E-state index contributed by atoms with van der Waals surface area (Å²) < 4.78 is 10.1. The van der Waals surface area contributed by atoms with Gasteiger partial charge in [-0.05, 0) is 32.3 Å². The number of piperidine rings is 1. The van der Waals surface area contributed by atoms with Crippen LogP contribution in [0.5, 0.6) is 0 Å². The van der Waals surface area contributed by atoms with E-state index in [4.69, 9.17) is 9.47 Å². The number of likely N-dealkylation sites (tertiary alicyclic amines) is 1. The number of esters is 2. The predicted molar refractivity (Wildman–Crippen MR) is 129 cm³/mol. The highest BCUT2D eigenvalue weighted by atomic mass is 32.1. The van der Waals surface area contributed by atoms with Gasteiger partial charge in [0.15, 0.2) is 6.61 Å². The van der Waals surface area contributed by atoms with Crippen LogP contribution in [-0.2, 0) is 23.9 Å². The summed E-state index contributed by atoms with van der Waals surface area (Å²) in [6.45, 7) is 3.98. The summed E-state index contributed by atoms with van der Waals surface area (Å²) in [4.78, 5) is 51.2. The van der Waals surface area contributed by atoms with Gasteiger partial charge in [-0.3, -0.25) is 14.4 Å². The number of methoxy groups -OCH3 is 1. The van der Waals surface area contributed by atoms with Crippen LogP contribution in [0.25, 0.3) is 11.1 Å². The van der Waals surface area contributed by atoms with E-state index >= 15 is 0 Å². The summed E-state index contributed by atoms with van der Waals surface area (Å²) in [5.41, 5.74) is 2.45. The predicted octanol–water partition coefficient (Wildman–Crippen LogP) is 3.89. The van der Waals surface area contributed by atoms with Crippen molar-refractivity contribution in [2.24, 2.45) is 5.92 Å². The molecule has 1 N–H and O–H groups in total. The van der Waals surface area contributed by atoms with Crippen LogP contribution < -0.4 is 5.32 Å². The molecule has 1 fully saturated rings. The van der Waals surface area contributed by atoms with Crippen molar-refractivity contribution < 1.29 is 28.7 Å². The van der Waals surface area contributed by atoms with E-state index in [2.05, 4.69) is 5.32 Å². The van der Waals surface area contributed by atoms with Gasteiger partial charge >= 0.3 is 11.9 Å². The highest BCUT2D eigenvalue weighted by Crippen LogP contribution is 2.36. The molecule has 2 amide bonds. The lowest BCUT2D eigenvalue weighted by atomic mass is 9.97. The van der Waals surface area contributed by atoms with Gasteiger partial charge in [0.1, 0.15) is 10.6 Å². The maximum absolute atomic E-state index is 13.1. The molecule has 0 spiro atoms. The van der Waals surface area contributed by atoms with E-state index in [1.54, 1.807) is 24.1 Å². The number of rotatable bonds is 7. The highest BCUT2D eigenvalue weighted by Gasteiger charge is 2.29. The maximum atomic E-state index is 13.1. The van der Waals surface area contributed by atoms with Gasteiger partial charge in [-0.25, -0.2) is 4.79 Å². The van der Waals surface area contributed by atoms with Crippen molar-refractivity contribution >= 4 is 40.1 Å². The third kappa shape index (κ3) is 6.32. The number of amides is 2. The molecular weight excluding hydrogens is 456 g/mol. The quantitative estimate of drug-likeness (QED) is 0.473. The summed E-state index contributed by atoms with van der Waals surface area (Å²) in [5, 5.41) is 4.89. The Kier molecular flexibility index (Phi) is 8.59. The van der Waals surface area contributed by atoms with Crippen LogP contribution in [0.4, 0.5) is 5.00 Å². The van der Waals surface area contributed by atoms with Crippen molar-refractivity contribution in [3.8, 4) is 11.1 Å². The third-order valence-corrected chi connectivity index (χ3v) is 6.34. The molecule has 2 aromatic rings. The number of ether oxygens (including phenoxy) is 2. The molecule has 180 valence electrons. The van der Waals surface area contributed by atoms with Crippen molar-refractivity contribution in [3.63, 3.8) is 0 Å². The van der Waals surface area contributed by atoms with E-state index in [0.717, 1.165) is 11.1 Å². The molecule has 1 aromatic carbocycles. The zero-order valence-electron chi connectivity index (χ0n) is 19.5. The van der Waals surface area contributed by atoms with Gasteiger partial charge in [-0.15, -0.1) is 11.3 Å². The molecule has 1 aliphatic rings. The van der Waals surface area contributed by atoms with E-state index in [0.29, 0.717) is 36.5 Å². The van der Waals surface area contributed by atoms with Crippen LogP contribution in [0.15, 0.2) is 47.4 Å². The Labute approximate surface area is 202 Å². The van der Waals surface area contributed by atoms with E-state index in [-0.39, 0.29) is 29.3 Å². The Morgan fingerprint density at radius 1 is 1.12 bits per heavy atom. The molecular formula is C25H28N2O6S. The second-order valence-electron chi connectivity index (χ2n) is 8.18. The highest BCUT2D eigenvalue weighted by molar-refractivity contribution is 7.15. The van der Waals surface area contributed by atoms with Gasteiger partial charge in [0.2, 0.25) is 5.91 Å². The Balaban J connectivity index is 1.72. The number of nitrogens with zero attached hydrogens (tertiary/aromatic N) is 1. The van der Waals surface area contributed by atoms with Gasteiger partial charge in [0.05, 0.1) is 13.0 Å². The fourth-order valence-corrected chi connectivity index (χ4v) is 4.68. The Morgan fingerprint density at radius 2 is 1.79 bits per heavy atom. The average molecular weight is 485 g/mol. The molecule has 34 heavy (non-hydrogen) atoms. The molecule has 0 aliphatic carbocycles. The molecule has 0 radical (unpaired) electrons. The van der Waals surface area contributed by atoms with E-state index < -0.39 is 12.6 Å². The number of nitrogens with one attached hydrogen (secondary N) is 1. The SMILES string of the molecule is COC(=O)C1CCN(C(=O)COC(=O)c2c(-c3ccccc3)csc2NC(=O)C=C(C)C)CC1. The van der Waals surface area contributed by atoms with Crippen molar-refractivity contribution in [3.05, 3.63) is 52.9 Å². The molecule has 0 saturated carbocycles. The van der Waals surface area contributed by atoms with Gasteiger partial charge in [0.25, 0.3) is 5.91 Å². The van der Waals surface area contributed by atoms with E-state index in [1.807, 2.05) is 30.3 Å². The number of carbonyl (C=O) groups excluding carboxylic acids is 4. The first-order valence-corrected chi connectivity index (χ1v) is 11.8. The van der Waals surface area contributed by atoms with Crippen molar-refractivity contribution in [2.75, 3.05) is 32.1 Å². The minimum absolute atomic E-state index is 0.212. The van der Waals surface area contributed by atoms with Gasteiger partial charge in [-0.1, -0.05) is 35.9 Å². The van der Waals surface area contributed by atoms with Gasteiger partial charge in [0, 0.05) is 30.1 Å². The second-order valence-corrected chi connectivity index (χ2v) is 9.06. The summed E-state index contributed by atoms with van der Waals surface area (Å²) in [6.07, 6.45) is 2.46. The largest absolute Gasteiger partial charge is 0.469 e. The van der Waals surface area contributed by atoms with Gasteiger partial charge in [-0.2, -0.15) is 0 Å². The molecule has 1 aromatic heterocycles. The van der Waals surface area contributed by atoms with Crippen molar-refractivity contribution in [1.82, 2.24) is 4.90 Å². The zero-order chi connectivity index (χ0) is 24.7. The third-order valence-electron chi connectivity index (χ3n) is 5.45. The molecule has 9 heteroatoms. The summed E-state index contributed by atoms with van der Waals surface area (Å²) >= 11 is 1.22. The topological polar surface area (TPSA) is 102 Å². The van der Waals surface area contributed by atoms with Crippen LogP contribution in [-0.4, -0.2) is 55.5 Å². The first-order valence-electron chi connectivity index (χ1n) is 11.0. The summed E-state index contributed by atoms with van der Waals surface area (Å²) in [6, 6.07) is 9.29. The lowest BCUT2D eigenvalue weighted by molar-refractivity contribution is -0.149. The number of allylic oxidation sites excluding steroid dienone is 1.